The Labute approximate surface area is 182 Å². The van der Waals surface area contributed by atoms with Crippen molar-refractivity contribution in [3.63, 3.8) is 0 Å². The smallest absolute Gasteiger partial charge is 0.372 e. The molecule has 0 unspecified atom stereocenters. The van der Waals surface area contributed by atoms with E-state index in [0.29, 0.717) is 11.1 Å². The highest BCUT2D eigenvalue weighted by molar-refractivity contribution is 8.00. The third kappa shape index (κ3) is 5.28. The van der Waals surface area contributed by atoms with Gasteiger partial charge >= 0.3 is 6.18 Å². The number of amides is 1. The maximum Gasteiger partial charge on any atom is 0.451 e. The third-order valence-electron chi connectivity index (χ3n) is 5.03. The number of carbonyl (C=O) groups excluding carboxylic acids is 1. The van der Waals surface area contributed by atoms with E-state index in [9.17, 15) is 18.0 Å². The van der Waals surface area contributed by atoms with Crippen molar-refractivity contribution in [3.8, 4) is 0 Å². The van der Waals surface area contributed by atoms with Gasteiger partial charge in [-0.1, -0.05) is 30.0 Å². The number of para-hydroxylation sites is 1. The first-order valence-electron chi connectivity index (χ1n) is 10.0. The lowest BCUT2D eigenvalue weighted by molar-refractivity contribution is -0.145. The Kier molecular flexibility index (Phi) is 6.31. The predicted molar refractivity (Wildman–Crippen MR) is 116 cm³/mol. The number of rotatable bonds is 5. The van der Waals surface area contributed by atoms with Crippen LogP contribution >= 0.6 is 11.8 Å². The number of anilines is 2. The average Bonchev–Trinajstić information content (AvgIpc) is 2.78. The lowest BCUT2D eigenvalue weighted by atomic mass is 10.1. The number of piperidine rings is 1. The van der Waals surface area contributed by atoms with E-state index in [4.69, 9.17) is 0 Å². The zero-order chi connectivity index (χ0) is 21.8. The van der Waals surface area contributed by atoms with Crippen LogP contribution in [0.1, 0.15) is 25.1 Å². The van der Waals surface area contributed by atoms with E-state index in [2.05, 4.69) is 20.2 Å². The van der Waals surface area contributed by atoms with Gasteiger partial charge in [0.25, 0.3) is 0 Å². The lowest BCUT2D eigenvalue weighted by Crippen LogP contribution is -2.29. The minimum Gasteiger partial charge on any atom is -0.372 e. The van der Waals surface area contributed by atoms with Crippen molar-refractivity contribution in [2.75, 3.05) is 29.1 Å². The molecule has 0 bridgehead atoms. The summed E-state index contributed by atoms with van der Waals surface area (Å²) in [5.74, 6) is -1.58. The molecule has 0 aliphatic carbocycles. The number of carbonyl (C=O) groups is 1. The summed E-state index contributed by atoms with van der Waals surface area (Å²) in [6.45, 7) is 2.07. The van der Waals surface area contributed by atoms with Gasteiger partial charge in [0.2, 0.25) is 11.7 Å². The second-order valence-corrected chi connectivity index (χ2v) is 8.26. The Morgan fingerprint density at radius 3 is 2.42 bits per heavy atom. The topological polar surface area (TPSA) is 58.1 Å². The van der Waals surface area contributed by atoms with E-state index >= 15 is 0 Å². The van der Waals surface area contributed by atoms with E-state index in [-0.39, 0.29) is 22.2 Å². The molecule has 1 aromatic heterocycles. The van der Waals surface area contributed by atoms with Crippen molar-refractivity contribution in [1.29, 1.82) is 0 Å². The van der Waals surface area contributed by atoms with Crippen molar-refractivity contribution in [2.24, 2.45) is 0 Å². The molecule has 9 heteroatoms. The highest BCUT2D eigenvalue weighted by Crippen LogP contribution is 2.32. The molecule has 1 amide bonds. The molecule has 162 valence electrons. The number of fused-ring (bicyclic) bond motifs is 1. The first-order chi connectivity index (χ1) is 14.9. The Bertz CT molecular complexity index is 1070. The maximum absolute atomic E-state index is 13.1. The summed E-state index contributed by atoms with van der Waals surface area (Å²) in [5.41, 5.74) is 1.97. The molecule has 1 fully saturated rings. The van der Waals surface area contributed by atoms with Gasteiger partial charge in [0.1, 0.15) is 5.03 Å². The van der Waals surface area contributed by atoms with Crippen LogP contribution in [0.3, 0.4) is 0 Å². The number of nitrogens with one attached hydrogen (secondary N) is 1. The monoisotopic (exact) mass is 446 g/mol. The summed E-state index contributed by atoms with van der Waals surface area (Å²) < 4.78 is 39.4. The van der Waals surface area contributed by atoms with E-state index in [0.717, 1.165) is 30.5 Å². The van der Waals surface area contributed by atoms with Gasteiger partial charge in [0.15, 0.2) is 0 Å². The van der Waals surface area contributed by atoms with E-state index < -0.39 is 12.0 Å². The second kappa shape index (κ2) is 9.13. The quantitative estimate of drug-likeness (QED) is 0.422. The number of halogens is 3. The molecule has 3 aromatic rings. The number of aromatic nitrogens is 2. The summed E-state index contributed by atoms with van der Waals surface area (Å²) in [7, 11) is 0. The molecule has 0 radical (unpaired) electrons. The van der Waals surface area contributed by atoms with Crippen LogP contribution in [-0.4, -0.2) is 34.7 Å². The van der Waals surface area contributed by atoms with Gasteiger partial charge in [-0.2, -0.15) is 13.2 Å². The second-order valence-electron chi connectivity index (χ2n) is 7.30. The number of hydrogen-bond donors (Lipinski definition) is 1. The van der Waals surface area contributed by atoms with Crippen LogP contribution in [0.15, 0.2) is 53.6 Å². The highest BCUT2D eigenvalue weighted by atomic mass is 32.2. The lowest BCUT2D eigenvalue weighted by Gasteiger charge is -2.28. The van der Waals surface area contributed by atoms with Gasteiger partial charge in [0.05, 0.1) is 11.3 Å². The molecular formula is C22H21F3N4OS. The number of hydrogen-bond acceptors (Lipinski definition) is 5. The van der Waals surface area contributed by atoms with Crippen molar-refractivity contribution >= 4 is 39.9 Å². The van der Waals surface area contributed by atoms with Gasteiger partial charge in [-0.25, -0.2) is 9.97 Å². The van der Waals surface area contributed by atoms with Crippen LogP contribution in [0.25, 0.3) is 10.9 Å². The predicted octanol–water partition coefficient (Wildman–Crippen LogP) is 5.37. The summed E-state index contributed by atoms with van der Waals surface area (Å²) in [4.78, 5) is 22.0. The zero-order valence-corrected chi connectivity index (χ0v) is 17.5. The Morgan fingerprint density at radius 2 is 1.71 bits per heavy atom. The molecule has 0 spiro atoms. The van der Waals surface area contributed by atoms with Crippen molar-refractivity contribution in [3.05, 3.63) is 54.4 Å². The number of alkyl halides is 3. The van der Waals surface area contributed by atoms with Crippen LogP contribution in [0.2, 0.25) is 0 Å². The molecule has 0 saturated carbocycles. The average molecular weight is 446 g/mol. The molecule has 2 heterocycles. The summed E-state index contributed by atoms with van der Waals surface area (Å²) >= 11 is 0.962. The SMILES string of the molecule is O=C(CSc1nc(C(F)(F)F)nc2ccccc12)Nc1ccc(N2CCCCC2)cc1. The van der Waals surface area contributed by atoms with E-state index in [1.165, 1.54) is 25.3 Å². The molecular weight excluding hydrogens is 425 g/mol. The van der Waals surface area contributed by atoms with Crippen molar-refractivity contribution in [2.45, 2.75) is 30.5 Å². The first-order valence-corrected chi connectivity index (χ1v) is 11.0. The van der Waals surface area contributed by atoms with Gasteiger partial charge in [-0.05, 0) is 49.6 Å². The minimum absolute atomic E-state index is 0.0633. The molecule has 31 heavy (non-hydrogen) atoms. The fraction of sp³-hybridized carbons (Fsp3) is 0.318. The highest BCUT2D eigenvalue weighted by Gasteiger charge is 2.35. The van der Waals surface area contributed by atoms with E-state index in [1.54, 1.807) is 18.2 Å². The van der Waals surface area contributed by atoms with Crippen molar-refractivity contribution in [1.82, 2.24) is 9.97 Å². The fourth-order valence-corrected chi connectivity index (χ4v) is 4.34. The fourth-order valence-electron chi connectivity index (χ4n) is 3.52. The minimum atomic E-state index is -4.66. The summed E-state index contributed by atoms with van der Waals surface area (Å²) in [5, 5.41) is 3.41. The van der Waals surface area contributed by atoms with Gasteiger partial charge in [-0.15, -0.1) is 0 Å². The largest absolute Gasteiger partial charge is 0.451 e. The molecule has 1 aliphatic heterocycles. The maximum atomic E-state index is 13.1. The first kappa shape index (κ1) is 21.4. The molecule has 5 nitrogen and oxygen atoms in total. The number of nitrogens with zero attached hydrogens (tertiary/aromatic N) is 3. The molecule has 4 rings (SSSR count). The van der Waals surface area contributed by atoms with E-state index in [1.807, 2.05) is 24.3 Å². The van der Waals surface area contributed by atoms with Crippen LogP contribution in [0.4, 0.5) is 24.5 Å². The van der Waals surface area contributed by atoms with Crippen LogP contribution in [0, 0.1) is 0 Å². The molecule has 2 aromatic carbocycles. The number of benzene rings is 2. The Balaban J connectivity index is 1.42. The Hall–Kier alpha value is -2.81. The molecule has 1 N–H and O–H groups in total. The molecule has 1 saturated heterocycles. The number of thioether (sulfide) groups is 1. The molecule has 1 aliphatic rings. The summed E-state index contributed by atoms with van der Waals surface area (Å²) in [6, 6.07) is 14.1. The van der Waals surface area contributed by atoms with Crippen LogP contribution in [0.5, 0.6) is 0 Å². The van der Waals surface area contributed by atoms with Crippen LogP contribution in [-0.2, 0) is 11.0 Å². The van der Waals surface area contributed by atoms with Crippen molar-refractivity contribution < 1.29 is 18.0 Å². The van der Waals surface area contributed by atoms with Gasteiger partial charge in [0, 0.05) is 29.9 Å². The normalized spacial score (nSPS) is 14.6. The Morgan fingerprint density at radius 1 is 1.00 bits per heavy atom. The van der Waals surface area contributed by atoms with Gasteiger partial charge < -0.3 is 10.2 Å². The molecule has 0 atom stereocenters. The summed E-state index contributed by atoms with van der Waals surface area (Å²) in [6.07, 6.45) is -1.03. The zero-order valence-electron chi connectivity index (χ0n) is 16.7. The third-order valence-corrected chi connectivity index (χ3v) is 6.03. The standard InChI is InChI=1S/C22H21F3N4OS/c23-22(24,25)21-27-18-7-3-2-6-17(18)20(28-21)31-14-19(30)26-15-8-10-16(11-9-15)29-12-4-1-5-13-29/h2-3,6-11H,1,4-5,12-14H2,(H,26,30). The van der Waals surface area contributed by atoms with Crippen LogP contribution < -0.4 is 10.2 Å². The van der Waals surface area contributed by atoms with Gasteiger partial charge in [-0.3, -0.25) is 4.79 Å².